The number of nitrogens with two attached hydrogens (primary N) is 1. The Hall–Kier alpha value is -2.16. The Labute approximate surface area is 114 Å². The predicted molar refractivity (Wildman–Crippen MR) is 65.2 cm³/mol. The monoisotopic (exact) mass is 304 g/mol. The number of hydrogen-bond acceptors (Lipinski definition) is 6. The van der Waals surface area contributed by atoms with Gasteiger partial charge in [0.2, 0.25) is 0 Å². The van der Waals surface area contributed by atoms with Gasteiger partial charge in [-0.1, -0.05) is 11.3 Å². The minimum atomic E-state index is -5.24. The molecular formula is C11H7F3N2O3S. The zero-order valence-corrected chi connectivity index (χ0v) is 10.8. The maximum absolute atomic E-state index is 12.1. The number of aromatic nitrogens is 1. The first-order chi connectivity index (χ1) is 9.20. The third-order valence-electron chi connectivity index (χ3n) is 2.34. The molecule has 2 aromatic heterocycles. The number of anilines is 1. The van der Waals surface area contributed by atoms with Crippen LogP contribution in [-0.2, 0) is 9.53 Å². The Morgan fingerprint density at radius 1 is 1.35 bits per heavy atom. The second-order valence-corrected chi connectivity index (χ2v) is 4.85. The van der Waals surface area contributed by atoms with Crippen molar-refractivity contribution >= 4 is 38.5 Å². The number of nitrogen functional groups attached to an aromatic ring is 1. The van der Waals surface area contributed by atoms with Gasteiger partial charge in [-0.2, -0.15) is 13.2 Å². The second kappa shape index (κ2) is 4.75. The molecule has 20 heavy (non-hydrogen) atoms. The van der Waals surface area contributed by atoms with Gasteiger partial charge >= 0.3 is 18.1 Å². The number of carbonyl (C=O) groups is 2. The molecule has 0 aliphatic rings. The molecule has 0 saturated carbocycles. The molecule has 2 N–H and O–H groups in total. The molecule has 9 heteroatoms. The Bertz CT molecular complexity index is 709. The van der Waals surface area contributed by atoms with Gasteiger partial charge < -0.3 is 10.5 Å². The summed E-state index contributed by atoms with van der Waals surface area (Å²) in [5, 5.41) is 0.191. The van der Waals surface area contributed by atoms with Crippen molar-refractivity contribution in [2.75, 3.05) is 5.73 Å². The number of halogens is 3. The number of pyridine rings is 1. The first kappa shape index (κ1) is 14.3. The number of hydrogen-bond donors (Lipinski definition) is 1. The summed E-state index contributed by atoms with van der Waals surface area (Å²) >= 11 is 0.929. The fourth-order valence-electron chi connectivity index (χ4n) is 1.49. The number of aryl methyl sites for hydroxylation is 1. The molecule has 2 aromatic rings. The average molecular weight is 304 g/mol. The first-order valence-corrected chi connectivity index (χ1v) is 6.00. The highest BCUT2D eigenvalue weighted by Gasteiger charge is 2.43. The van der Waals surface area contributed by atoms with Gasteiger partial charge in [-0.15, -0.1) is 0 Å². The van der Waals surface area contributed by atoms with E-state index in [1.54, 1.807) is 13.0 Å². The fraction of sp³-hybridized carbons (Fsp3) is 0.182. The van der Waals surface area contributed by atoms with Crippen LogP contribution in [0.5, 0.6) is 0 Å². The number of nitrogens with zero attached hydrogens (tertiary/aromatic N) is 1. The van der Waals surface area contributed by atoms with Gasteiger partial charge in [0.15, 0.2) is 0 Å². The lowest BCUT2D eigenvalue weighted by molar-refractivity contribution is -0.193. The molecule has 0 fully saturated rings. The second-order valence-electron chi connectivity index (χ2n) is 3.82. The van der Waals surface area contributed by atoms with E-state index in [0.29, 0.717) is 10.5 Å². The van der Waals surface area contributed by atoms with Crippen LogP contribution in [0.2, 0.25) is 0 Å². The fourth-order valence-corrected chi connectivity index (χ4v) is 2.47. The molecule has 0 saturated heterocycles. The smallest absolute Gasteiger partial charge is 0.390 e. The van der Waals surface area contributed by atoms with Gasteiger partial charge in [0.05, 0.1) is 0 Å². The quantitative estimate of drug-likeness (QED) is 0.646. The summed E-state index contributed by atoms with van der Waals surface area (Å²) in [5.41, 5.74) is 5.95. The van der Waals surface area contributed by atoms with E-state index in [0.717, 1.165) is 11.3 Å². The molecule has 0 spiro atoms. The van der Waals surface area contributed by atoms with Crippen LogP contribution < -0.4 is 5.73 Å². The number of thiophene rings is 1. The van der Waals surface area contributed by atoms with Gasteiger partial charge in [-0.3, -0.25) is 0 Å². The molecule has 106 valence electrons. The Balaban J connectivity index is 2.40. The molecule has 0 radical (unpaired) electrons. The summed E-state index contributed by atoms with van der Waals surface area (Å²) < 4.78 is 39.9. The average Bonchev–Trinajstić information content (AvgIpc) is 2.62. The molecule has 2 rings (SSSR count). The lowest BCUT2D eigenvalue weighted by atomic mass is 10.2. The molecule has 0 aliphatic carbocycles. The number of rotatable bonds is 1. The van der Waals surface area contributed by atoms with Crippen molar-refractivity contribution in [3.63, 3.8) is 0 Å². The first-order valence-electron chi connectivity index (χ1n) is 5.19. The molecule has 0 unspecified atom stereocenters. The third kappa shape index (κ3) is 2.57. The van der Waals surface area contributed by atoms with Crippen LogP contribution in [0.1, 0.15) is 16.1 Å². The molecule has 0 aliphatic heterocycles. The summed E-state index contributed by atoms with van der Waals surface area (Å²) in [6, 6.07) is 3.05. The number of carbonyl (C=O) groups excluding carboxylic acids is 2. The summed E-state index contributed by atoms with van der Waals surface area (Å²) in [4.78, 5) is 26.8. The number of alkyl halides is 3. The van der Waals surface area contributed by atoms with Gasteiger partial charge in [-0.05, 0) is 19.1 Å². The highest BCUT2D eigenvalue weighted by molar-refractivity contribution is 7.22. The summed E-state index contributed by atoms with van der Waals surface area (Å²) in [6.45, 7) is 1.71. The number of ether oxygens (including phenoxy) is 1. The van der Waals surface area contributed by atoms with Crippen molar-refractivity contribution < 1.29 is 27.5 Å². The standard InChI is InChI=1S/C11H7F3N2O3S/c1-4-2-3-5-6(7(15)20-8(5)16-4)9(17)19-10(18)11(12,13)14/h2-3H,15H2,1H3. The van der Waals surface area contributed by atoms with E-state index in [1.807, 2.05) is 0 Å². The molecule has 0 atom stereocenters. The normalized spacial score (nSPS) is 11.6. The van der Waals surface area contributed by atoms with E-state index in [-0.39, 0.29) is 16.0 Å². The van der Waals surface area contributed by atoms with Gasteiger partial charge in [0.1, 0.15) is 15.4 Å². The molecule has 2 heterocycles. The number of esters is 2. The minimum Gasteiger partial charge on any atom is -0.390 e. The van der Waals surface area contributed by atoms with Crippen LogP contribution in [0.15, 0.2) is 12.1 Å². The summed E-state index contributed by atoms with van der Waals surface area (Å²) in [5.74, 6) is -4.02. The Morgan fingerprint density at radius 3 is 2.60 bits per heavy atom. The maximum atomic E-state index is 12.1. The predicted octanol–water partition coefficient (Wildman–Crippen LogP) is 2.43. The highest BCUT2D eigenvalue weighted by Crippen LogP contribution is 2.33. The van der Waals surface area contributed by atoms with E-state index in [1.165, 1.54) is 6.07 Å². The van der Waals surface area contributed by atoms with E-state index < -0.39 is 18.1 Å². The minimum absolute atomic E-state index is 0.0573. The van der Waals surface area contributed by atoms with Crippen molar-refractivity contribution in [1.29, 1.82) is 0 Å². The number of fused-ring (bicyclic) bond motifs is 1. The van der Waals surface area contributed by atoms with Crippen LogP contribution in [-0.4, -0.2) is 23.1 Å². The van der Waals surface area contributed by atoms with Gasteiger partial charge in [0, 0.05) is 11.1 Å². The van der Waals surface area contributed by atoms with Gasteiger partial charge in [-0.25, -0.2) is 14.6 Å². The van der Waals surface area contributed by atoms with E-state index >= 15 is 0 Å². The Kier molecular flexibility index (Phi) is 3.38. The highest BCUT2D eigenvalue weighted by atomic mass is 32.1. The van der Waals surface area contributed by atoms with Crippen LogP contribution in [0.4, 0.5) is 18.2 Å². The summed E-state index contributed by atoms with van der Waals surface area (Å²) in [7, 11) is 0. The maximum Gasteiger partial charge on any atom is 0.491 e. The lowest BCUT2D eigenvalue weighted by Gasteiger charge is -2.05. The topological polar surface area (TPSA) is 82.3 Å². The van der Waals surface area contributed by atoms with Crippen molar-refractivity contribution in [2.24, 2.45) is 0 Å². The lowest BCUT2D eigenvalue weighted by Crippen LogP contribution is -2.28. The van der Waals surface area contributed by atoms with Crippen molar-refractivity contribution in [3.05, 3.63) is 23.4 Å². The van der Waals surface area contributed by atoms with Crippen molar-refractivity contribution in [3.8, 4) is 0 Å². The zero-order valence-electron chi connectivity index (χ0n) is 9.95. The zero-order chi connectivity index (χ0) is 15.1. The van der Waals surface area contributed by atoms with E-state index in [9.17, 15) is 22.8 Å². The SMILES string of the molecule is Cc1ccc2c(C(=O)OC(=O)C(F)(F)F)c(N)sc2n1. The van der Waals surface area contributed by atoms with Crippen LogP contribution in [0.3, 0.4) is 0 Å². The molecule has 0 aromatic carbocycles. The largest absolute Gasteiger partial charge is 0.491 e. The Morgan fingerprint density at radius 2 is 2.00 bits per heavy atom. The van der Waals surface area contributed by atoms with E-state index in [2.05, 4.69) is 9.72 Å². The van der Waals surface area contributed by atoms with Crippen molar-refractivity contribution in [1.82, 2.24) is 4.98 Å². The van der Waals surface area contributed by atoms with Crippen LogP contribution in [0.25, 0.3) is 10.2 Å². The summed E-state index contributed by atoms with van der Waals surface area (Å²) in [6.07, 6.45) is -5.24. The molecule has 0 amide bonds. The molecular weight excluding hydrogens is 297 g/mol. The van der Waals surface area contributed by atoms with Crippen LogP contribution >= 0.6 is 11.3 Å². The molecule has 5 nitrogen and oxygen atoms in total. The third-order valence-corrected chi connectivity index (χ3v) is 3.27. The van der Waals surface area contributed by atoms with Crippen LogP contribution in [0, 0.1) is 6.92 Å². The molecule has 0 bridgehead atoms. The van der Waals surface area contributed by atoms with E-state index in [4.69, 9.17) is 5.73 Å². The van der Waals surface area contributed by atoms with Gasteiger partial charge in [0.25, 0.3) is 0 Å². The van der Waals surface area contributed by atoms with Crippen molar-refractivity contribution in [2.45, 2.75) is 13.1 Å².